The van der Waals surface area contributed by atoms with Crippen LogP contribution < -0.4 is 5.56 Å². The molecule has 0 fully saturated rings. The van der Waals surface area contributed by atoms with Crippen molar-refractivity contribution in [2.24, 2.45) is 17.3 Å². The van der Waals surface area contributed by atoms with Crippen molar-refractivity contribution in [3.8, 4) is 17.8 Å². The minimum Gasteiger partial charge on any atom is -0.493 e. The number of aromatic hydroxyl groups is 1. The van der Waals surface area contributed by atoms with E-state index in [4.69, 9.17) is 0 Å². The van der Waals surface area contributed by atoms with Crippen LogP contribution in [0.25, 0.3) is 5.82 Å². The minimum absolute atomic E-state index is 0.120. The van der Waals surface area contributed by atoms with Crippen molar-refractivity contribution in [3.05, 3.63) is 57.1 Å². The van der Waals surface area contributed by atoms with Crippen LogP contribution >= 0.6 is 0 Å². The van der Waals surface area contributed by atoms with Gasteiger partial charge in [-0.3, -0.25) is 9.36 Å². The fourth-order valence-electron chi connectivity index (χ4n) is 2.71. The molecule has 2 N–H and O–H groups in total. The van der Waals surface area contributed by atoms with Gasteiger partial charge in [-0.15, -0.1) is 10.2 Å². The van der Waals surface area contributed by atoms with E-state index in [1.807, 2.05) is 6.07 Å². The summed E-state index contributed by atoms with van der Waals surface area (Å²) in [6.07, 6.45) is 1.51. The van der Waals surface area contributed by atoms with Gasteiger partial charge in [0.25, 0.3) is 5.56 Å². The first-order valence-corrected chi connectivity index (χ1v) is 8.26. The second kappa shape index (κ2) is 7.35. The summed E-state index contributed by atoms with van der Waals surface area (Å²) < 4.78 is 2.06. The third-order valence-electron chi connectivity index (χ3n) is 4.25. The average molecular weight is 393 g/mol. The molecule has 3 rings (SSSR count). The zero-order valence-corrected chi connectivity index (χ0v) is 15.7. The number of nitrogens with zero attached hydrogens (tertiary/aromatic N) is 7. The number of carboxylic acid groups (broad SMARTS) is 1. The van der Waals surface area contributed by atoms with Crippen LogP contribution in [-0.2, 0) is 7.05 Å². The number of azo groups is 1. The van der Waals surface area contributed by atoms with Crippen LogP contribution in [0.5, 0.6) is 5.88 Å². The Bertz CT molecular complexity index is 1250. The summed E-state index contributed by atoms with van der Waals surface area (Å²) in [6.45, 7) is 2.94. The molecule has 0 saturated carbocycles. The molecule has 29 heavy (non-hydrogen) atoms. The lowest BCUT2D eigenvalue weighted by Gasteiger charge is -2.08. The molecule has 0 aliphatic heterocycles. The Morgan fingerprint density at radius 1 is 1.28 bits per heavy atom. The predicted molar refractivity (Wildman–Crippen MR) is 100 cm³/mol. The first-order chi connectivity index (χ1) is 13.8. The van der Waals surface area contributed by atoms with Gasteiger partial charge in [0.15, 0.2) is 17.3 Å². The molecule has 0 amide bonds. The highest BCUT2D eigenvalue weighted by atomic mass is 16.4. The number of carboxylic acids is 1. The third-order valence-corrected chi connectivity index (χ3v) is 4.25. The minimum atomic E-state index is -1.27. The molecule has 0 aliphatic carbocycles. The monoisotopic (exact) mass is 393 g/mol. The van der Waals surface area contributed by atoms with Crippen LogP contribution in [0.15, 0.2) is 39.4 Å². The molecule has 0 saturated heterocycles. The van der Waals surface area contributed by atoms with Gasteiger partial charge in [-0.2, -0.15) is 15.0 Å². The van der Waals surface area contributed by atoms with Crippen molar-refractivity contribution in [2.75, 3.05) is 0 Å². The van der Waals surface area contributed by atoms with E-state index in [9.17, 15) is 25.1 Å². The first kappa shape index (κ1) is 19.4. The molecule has 11 heteroatoms. The molecule has 11 nitrogen and oxygen atoms in total. The van der Waals surface area contributed by atoms with Gasteiger partial charge in [0, 0.05) is 18.8 Å². The molecule has 0 radical (unpaired) electrons. The molecule has 0 aliphatic rings. The molecule has 0 aromatic carbocycles. The van der Waals surface area contributed by atoms with E-state index < -0.39 is 17.4 Å². The number of carbonyl (C=O) groups is 1. The van der Waals surface area contributed by atoms with Gasteiger partial charge in [-0.1, -0.05) is 6.07 Å². The molecule has 3 aromatic rings. The molecule has 0 atom stereocenters. The average Bonchev–Trinajstić information content (AvgIpc) is 3.04. The lowest BCUT2D eigenvalue weighted by atomic mass is 10.1. The summed E-state index contributed by atoms with van der Waals surface area (Å²) in [4.78, 5) is 28.3. The molecule has 0 spiro atoms. The smallest absolute Gasteiger partial charge is 0.341 e. The Balaban J connectivity index is 2.26. The highest BCUT2D eigenvalue weighted by Crippen LogP contribution is 2.29. The Morgan fingerprint density at radius 2 is 2.00 bits per heavy atom. The summed E-state index contributed by atoms with van der Waals surface area (Å²) in [5.41, 5.74) is -0.925. The number of nitriles is 1. The zero-order valence-electron chi connectivity index (χ0n) is 15.7. The Morgan fingerprint density at radius 3 is 2.59 bits per heavy atom. The lowest BCUT2D eigenvalue weighted by Crippen LogP contribution is -2.18. The molecular weight excluding hydrogens is 378 g/mol. The fourth-order valence-corrected chi connectivity index (χ4v) is 2.71. The van der Waals surface area contributed by atoms with E-state index in [0.29, 0.717) is 5.82 Å². The van der Waals surface area contributed by atoms with Crippen molar-refractivity contribution in [1.82, 2.24) is 19.3 Å². The Labute approximate surface area is 163 Å². The maximum absolute atomic E-state index is 12.5. The summed E-state index contributed by atoms with van der Waals surface area (Å²) in [7, 11) is 1.28. The standard InChI is InChI=1S/C18H15N7O4/c1-9-11(8-19)16(26)24(3)17(27)14(9)21-22-15-13(18(28)29)10(2)23-25(15)12-6-4-5-7-20-12/h4-7,26H,1-3H3,(H,28,29). The van der Waals surface area contributed by atoms with E-state index in [1.54, 1.807) is 18.2 Å². The molecule has 3 aromatic heterocycles. The number of pyridine rings is 2. The zero-order chi connectivity index (χ0) is 21.3. The third kappa shape index (κ3) is 3.23. The first-order valence-electron chi connectivity index (χ1n) is 8.26. The number of aryl methyl sites for hydroxylation is 1. The van der Waals surface area contributed by atoms with Crippen LogP contribution in [0.2, 0.25) is 0 Å². The van der Waals surface area contributed by atoms with Gasteiger partial charge in [0.2, 0.25) is 5.88 Å². The van der Waals surface area contributed by atoms with Gasteiger partial charge in [0.05, 0.1) is 5.69 Å². The highest BCUT2D eigenvalue weighted by molar-refractivity contribution is 5.94. The van der Waals surface area contributed by atoms with E-state index >= 15 is 0 Å². The van der Waals surface area contributed by atoms with Crippen LogP contribution in [0.3, 0.4) is 0 Å². The van der Waals surface area contributed by atoms with Gasteiger partial charge < -0.3 is 10.2 Å². The summed E-state index contributed by atoms with van der Waals surface area (Å²) in [6, 6.07) is 6.80. The van der Waals surface area contributed by atoms with Crippen molar-refractivity contribution in [3.63, 3.8) is 0 Å². The number of aromatic carboxylic acids is 1. The van der Waals surface area contributed by atoms with Crippen molar-refractivity contribution >= 4 is 17.5 Å². The summed E-state index contributed by atoms with van der Waals surface area (Å²) in [5.74, 6) is -1.59. The van der Waals surface area contributed by atoms with Crippen LogP contribution in [0.4, 0.5) is 11.5 Å². The molecule has 0 unspecified atom stereocenters. The van der Waals surface area contributed by atoms with Crippen molar-refractivity contribution < 1.29 is 15.0 Å². The quantitative estimate of drug-likeness (QED) is 0.643. The number of aromatic nitrogens is 4. The number of hydrogen-bond acceptors (Lipinski definition) is 8. The SMILES string of the molecule is Cc1nn(-c2ccccn2)c(N=Nc2c(C)c(C#N)c(O)n(C)c2=O)c1C(=O)O. The van der Waals surface area contributed by atoms with E-state index in [0.717, 1.165) is 4.57 Å². The number of hydrogen-bond donors (Lipinski definition) is 2. The van der Waals surface area contributed by atoms with Crippen LogP contribution in [0.1, 0.15) is 27.2 Å². The van der Waals surface area contributed by atoms with Gasteiger partial charge >= 0.3 is 5.97 Å². The van der Waals surface area contributed by atoms with Crippen molar-refractivity contribution in [1.29, 1.82) is 5.26 Å². The van der Waals surface area contributed by atoms with E-state index in [1.165, 1.54) is 31.8 Å². The van der Waals surface area contributed by atoms with Gasteiger partial charge in [-0.25, -0.2) is 9.78 Å². The largest absolute Gasteiger partial charge is 0.493 e. The van der Waals surface area contributed by atoms with Crippen LogP contribution in [0, 0.1) is 25.2 Å². The molecule has 0 bridgehead atoms. The predicted octanol–water partition coefficient (Wildman–Crippen LogP) is 2.27. The maximum Gasteiger partial charge on any atom is 0.341 e. The van der Waals surface area contributed by atoms with Crippen molar-refractivity contribution in [2.45, 2.75) is 13.8 Å². The van der Waals surface area contributed by atoms with Gasteiger partial charge in [-0.05, 0) is 26.0 Å². The molecule has 146 valence electrons. The normalized spacial score (nSPS) is 11.0. The van der Waals surface area contributed by atoms with E-state index in [2.05, 4.69) is 20.3 Å². The fraction of sp³-hybridized carbons (Fsp3) is 0.167. The maximum atomic E-state index is 12.5. The topological polar surface area (TPSA) is 159 Å². The lowest BCUT2D eigenvalue weighted by molar-refractivity contribution is 0.0697. The second-order valence-electron chi connectivity index (χ2n) is 6.04. The Hall–Kier alpha value is -4.33. The number of rotatable bonds is 4. The molecular formula is C18H15N7O4. The summed E-state index contributed by atoms with van der Waals surface area (Å²) >= 11 is 0. The summed E-state index contributed by atoms with van der Waals surface area (Å²) in [5, 5.41) is 40.8. The van der Waals surface area contributed by atoms with Crippen LogP contribution in [-0.4, -0.2) is 35.5 Å². The van der Waals surface area contributed by atoms with Gasteiger partial charge in [0.1, 0.15) is 17.2 Å². The second-order valence-corrected chi connectivity index (χ2v) is 6.04. The highest BCUT2D eigenvalue weighted by Gasteiger charge is 2.23. The molecule has 3 heterocycles. The van der Waals surface area contributed by atoms with E-state index in [-0.39, 0.29) is 33.9 Å². The Kier molecular flexibility index (Phi) is 4.93.